The van der Waals surface area contributed by atoms with Crippen LogP contribution in [0.2, 0.25) is 0 Å². The van der Waals surface area contributed by atoms with Gasteiger partial charge in [-0.05, 0) is 55.5 Å². The van der Waals surface area contributed by atoms with E-state index in [9.17, 15) is 4.79 Å². The van der Waals surface area contributed by atoms with Crippen molar-refractivity contribution >= 4 is 5.78 Å². The van der Waals surface area contributed by atoms with Crippen LogP contribution in [0.5, 0.6) is 0 Å². The maximum Gasteiger partial charge on any atom is 0.163 e. The minimum absolute atomic E-state index is 0.228. The molecule has 1 heteroatoms. The monoisotopic (exact) mass is 252 g/mol. The Morgan fingerprint density at radius 2 is 1.63 bits per heavy atom. The number of aryl methyl sites for hydroxylation is 4. The first-order chi connectivity index (χ1) is 9.08. The maximum atomic E-state index is 12.2. The van der Waals surface area contributed by atoms with Crippen LogP contribution in [0.25, 0.3) is 0 Å². The van der Waals surface area contributed by atoms with Gasteiger partial charge in [-0.2, -0.15) is 0 Å². The van der Waals surface area contributed by atoms with E-state index in [0.717, 1.165) is 12.0 Å². The molecule has 2 rings (SSSR count). The Balaban J connectivity index is 2.05. The molecule has 0 bridgehead atoms. The molecule has 2 aromatic carbocycles. The summed E-state index contributed by atoms with van der Waals surface area (Å²) in [5.41, 5.74) is 5.77. The third kappa shape index (κ3) is 3.31. The quantitative estimate of drug-likeness (QED) is 0.736. The Hall–Kier alpha value is -1.89. The van der Waals surface area contributed by atoms with Crippen molar-refractivity contribution in [3.63, 3.8) is 0 Å². The van der Waals surface area contributed by atoms with E-state index in [-0.39, 0.29) is 5.78 Å². The number of Topliss-reactive ketones (excluding diaryl/α,β-unsaturated/α-hetero) is 1. The molecule has 0 unspecified atom stereocenters. The molecule has 0 spiro atoms. The standard InChI is InChI=1S/C18H20O/c1-13-8-9-17(12-15(13)3)18(19)11-10-16-7-5-4-6-14(16)2/h4-9,12H,10-11H2,1-3H3. The molecule has 0 fully saturated rings. The van der Waals surface area contributed by atoms with Crippen LogP contribution >= 0.6 is 0 Å². The molecule has 0 amide bonds. The van der Waals surface area contributed by atoms with Crippen molar-refractivity contribution in [2.75, 3.05) is 0 Å². The zero-order chi connectivity index (χ0) is 13.8. The predicted molar refractivity (Wildman–Crippen MR) is 79.7 cm³/mol. The van der Waals surface area contributed by atoms with Crippen LogP contribution in [0.4, 0.5) is 0 Å². The fourth-order valence-electron chi connectivity index (χ4n) is 2.20. The van der Waals surface area contributed by atoms with E-state index in [1.54, 1.807) is 0 Å². The van der Waals surface area contributed by atoms with Crippen LogP contribution in [0.3, 0.4) is 0 Å². The lowest BCUT2D eigenvalue weighted by Crippen LogP contribution is -2.02. The summed E-state index contributed by atoms with van der Waals surface area (Å²) in [5, 5.41) is 0. The van der Waals surface area contributed by atoms with E-state index in [1.165, 1.54) is 22.3 Å². The highest BCUT2D eigenvalue weighted by Gasteiger charge is 2.08. The summed E-state index contributed by atoms with van der Waals surface area (Å²) in [5.74, 6) is 0.228. The van der Waals surface area contributed by atoms with Crippen molar-refractivity contribution in [2.45, 2.75) is 33.6 Å². The van der Waals surface area contributed by atoms with Crippen molar-refractivity contribution < 1.29 is 4.79 Å². The van der Waals surface area contributed by atoms with E-state index in [1.807, 2.05) is 37.3 Å². The summed E-state index contributed by atoms with van der Waals surface area (Å²) in [7, 11) is 0. The second-order valence-corrected chi connectivity index (χ2v) is 5.15. The summed E-state index contributed by atoms with van der Waals surface area (Å²) >= 11 is 0. The largest absolute Gasteiger partial charge is 0.294 e. The summed E-state index contributed by atoms with van der Waals surface area (Å²) in [4.78, 5) is 12.2. The molecule has 0 N–H and O–H groups in total. The van der Waals surface area contributed by atoms with Crippen LogP contribution in [0.1, 0.15) is 39.0 Å². The molecule has 0 heterocycles. The van der Waals surface area contributed by atoms with Crippen LogP contribution in [0.15, 0.2) is 42.5 Å². The molecule has 0 atom stereocenters. The zero-order valence-corrected chi connectivity index (χ0v) is 11.9. The number of hydrogen-bond acceptors (Lipinski definition) is 1. The number of carbonyl (C=O) groups is 1. The van der Waals surface area contributed by atoms with Crippen molar-refractivity contribution in [1.82, 2.24) is 0 Å². The molecule has 0 aliphatic rings. The van der Waals surface area contributed by atoms with Gasteiger partial charge in [0.25, 0.3) is 0 Å². The Morgan fingerprint density at radius 3 is 2.32 bits per heavy atom. The smallest absolute Gasteiger partial charge is 0.163 e. The van der Waals surface area contributed by atoms with E-state index >= 15 is 0 Å². The van der Waals surface area contributed by atoms with Crippen molar-refractivity contribution in [3.05, 3.63) is 70.3 Å². The van der Waals surface area contributed by atoms with Crippen LogP contribution in [0, 0.1) is 20.8 Å². The van der Waals surface area contributed by atoms with Gasteiger partial charge in [0.15, 0.2) is 5.78 Å². The van der Waals surface area contributed by atoms with Gasteiger partial charge in [-0.1, -0.05) is 36.4 Å². The van der Waals surface area contributed by atoms with Crippen LogP contribution < -0.4 is 0 Å². The van der Waals surface area contributed by atoms with Gasteiger partial charge < -0.3 is 0 Å². The third-order valence-electron chi connectivity index (χ3n) is 3.71. The fourth-order valence-corrected chi connectivity index (χ4v) is 2.20. The molecular formula is C18H20O. The molecule has 0 radical (unpaired) electrons. The fraction of sp³-hybridized carbons (Fsp3) is 0.278. The average molecular weight is 252 g/mol. The molecule has 0 aliphatic carbocycles. The first kappa shape index (κ1) is 13.5. The summed E-state index contributed by atoms with van der Waals surface area (Å²) in [6.45, 7) is 6.21. The zero-order valence-electron chi connectivity index (χ0n) is 11.9. The highest BCUT2D eigenvalue weighted by Crippen LogP contribution is 2.15. The van der Waals surface area contributed by atoms with E-state index in [0.29, 0.717) is 6.42 Å². The second kappa shape index (κ2) is 5.83. The number of carbonyl (C=O) groups excluding carboxylic acids is 1. The Kier molecular flexibility index (Phi) is 4.16. The minimum atomic E-state index is 0.228. The van der Waals surface area contributed by atoms with Crippen LogP contribution in [-0.2, 0) is 6.42 Å². The van der Waals surface area contributed by atoms with E-state index in [2.05, 4.69) is 26.0 Å². The molecule has 19 heavy (non-hydrogen) atoms. The molecule has 1 nitrogen and oxygen atoms in total. The topological polar surface area (TPSA) is 17.1 Å². The first-order valence-corrected chi connectivity index (χ1v) is 6.73. The Labute approximate surface area is 115 Å². The number of ketones is 1. The van der Waals surface area contributed by atoms with Gasteiger partial charge in [-0.25, -0.2) is 0 Å². The van der Waals surface area contributed by atoms with E-state index < -0.39 is 0 Å². The van der Waals surface area contributed by atoms with Gasteiger partial charge >= 0.3 is 0 Å². The summed E-state index contributed by atoms with van der Waals surface area (Å²) in [6.07, 6.45) is 1.39. The molecule has 0 saturated heterocycles. The molecule has 2 aromatic rings. The molecule has 98 valence electrons. The SMILES string of the molecule is Cc1ccc(C(=O)CCc2ccccc2C)cc1C. The highest BCUT2D eigenvalue weighted by molar-refractivity contribution is 5.96. The van der Waals surface area contributed by atoms with Gasteiger partial charge in [0.05, 0.1) is 0 Å². The third-order valence-corrected chi connectivity index (χ3v) is 3.71. The predicted octanol–water partition coefficient (Wildman–Crippen LogP) is 4.43. The second-order valence-electron chi connectivity index (χ2n) is 5.15. The van der Waals surface area contributed by atoms with Gasteiger partial charge in [0.1, 0.15) is 0 Å². The van der Waals surface area contributed by atoms with Crippen molar-refractivity contribution in [2.24, 2.45) is 0 Å². The molecular weight excluding hydrogens is 232 g/mol. The minimum Gasteiger partial charge on any atom is -0.294 e. The Morgan fingerprint density at radius 1 is 0.895 bits per heavy atom. The first-order valence-electron chi connectivity index (χ1n) is 6.73. The average Bonchev–Trinajstić information content (AvgIpc) is 2.40. The van der Waals surface area contributed by atoms with Gasteiger partial charge in [0.2, 0.25) is 0 Å². The lowest BCUT2D eigenvalue weighted by Gasteiger charge is -2.06. The molecule has 0 saturated carbocycles. The number of rotatable bonds is 4. The molecule has 0 aromatic heterocycles. The van der Waals surface area contributed by atoms with Gasteiger partial charge in [0, 0.05) is 12.0 Å². The Bertz CT molecular complexity index is 596. The van der Waals surface area contributed by atoms with Crippen molar-refractivity contribution in [1.29, 1.82) is 0 Å². The molecule has 0 aliphatic heterocycles. The lowest BCUT2D eigenvalue weighted by molar-refractivity contribution is 0.0982. The van der Waals surface area contributed by atoms with Gasteiger partial charge in [-0.15, -0.1) is 0 Å². The number of hydrogen-bond donors (Lipinski definition) is 0. The van der Waals surface area contributed by atoms with Gasteiger partial charge in [-0.3, -0.25) is 4.79 Å². The van der Waals surface area contributed by atoms with E-state index in [4.69, 9.17) is 0 Å². The lowest BCUT2D eigenvalue weighted by atomic mass is 9.98. The highest BCUT2D eigenvalue weighted by atomic mass is 16.1. The van der Waals surface area contributed by atoms with Crippen LogP contribution in [-0.4, -0.2) is 5.78 Å². The summed E-state index contributed by atoms with van der Waals surface area (Å²) < 4.78 is 0. The maximum absolute atomic E-state index is 12.2. The van der Waals surface area contributed by atoms with Crippen molar-refractivity contribution in [3.8, 4) is 0 Å². The normalized spacial score (nSPS) is 10.5. The number of benzene rings is 2. The summed E-state index contributed by atoms with van der Waals surface area (Å²) in [6, 6.07) is 14.2.